The van der Waals surface area contributed by atoms with Crippen molar-refractivity contribution < 1.29 is 9.47 Å². The molecule has 1 unspecified atom stereocenters. The van der Waals surface area contributed by atoms with Crippen molar-refractivity contribution in [2.45, 2.75) is 40.0 Å². The molecule has 0 aliphatic heterocycles. The van der Waals surface area contributed by atoms with Crippen LogP contribution in [0.3, 0.4) is 0 Å². The Morgan fingerprint density at radius 1 is 1.11 bits per heavy atom. The highest BCUT2D eigenvalue weighted by atomic mass is 79.9. The van der Waals surface area contributed by atoms with Crippen molar-refractivity contribution in [1.29, 1.82) is 0 Å². The highest BCUT2D eigenvalue weighted by molar-refractivity contribution is 9.10. The average Bonchev–Trinajstić information content (AvgIpc) is 2.31. The minimum atomic E-state index is -0.100. The zero-order valence-electron chi connectivity index (χ0n) is 12.2. The summed E-state index contributed by atoms with van der Waals surface area (Å²) in [6.45, 7) is 11.5. The molecule has 1 aromatic carbocycles. The van der Waals surface area contributed by atoms with Crippen LogP contribution in [0.4, 0.5) is 0 Å². The van der Waals surface area contributed by atoms with Gasteiger partial charge in [0.2, 0.25) is 0 Å². The minimum Gasteiger partial charge on any atom is -0.490 e. The Hall–Kier alpha value is -0.410. The molecule has 1 rings (SSSR count). The fourth-order valence-corrected chi connectivity index (χ4v) is 2.61. The smallest absolute Gasteiger partial charge is 0.162 e. The highest BCUT2D eigenvalue weighted by Gasteiger charge is 2.27. The van der Waals surface area contributed by atoms with Crippen molar-refractivity contribution in [3.05, 3.63) is 22.2 Å². The van der Waals surface area contributed by atoms with Gasteiger partial charge in [0.25, 0.3) is 0 Å². The minimum absolute atomic E-state index is 0.0271. The standard InChI is InChI=1S/C15H22BrClO2/c1-6-18-12-8-10(14(17)15(3,4)5)11(16)9-13(12)19-7-2/h8-9,14H,6-7H2,1-5H3. The second-order valence-electron chi connectivity index (χ2n) is 5.42. The molecule has 4 heteroatoms. The van der Waals surface area contributed by atoms with Crippen molar-refractivity contribution in [3.63, 3.8) is 0 Å². The van der Waals surface area contributed by atoms with Gasteiger partial charge >= 0.3 is 0 Å². The summed E-state index contributed by atoms with van der Waals surface area (Å²) in [5, 5.41) is -0.100. The van der Waals surface area contributed by atoms with Crippen molar-refractivity contribution in [3.8, 4) is 11.5 Å². The predicted octanol–water partition coefficient (Wildman–Crippen LogP) is 5.57. The van der Waals surface area contributed by atoms with E-state index in [1.807, 2.05) is 26.0 Å². The van der Waals surface area contributed by atoms with Crippen LogP contribution >= 0.6 is 27.5 Å². The average molecular weight is 350 g/mol. The Balaban J connectivity index is 3.23. The van der Waals surface area contributed by atoms with Gasteiger partial charge in [-0.2, -0.15) is 0 Å². The van der Waals surface area contributed by atoms with Crippen molar-refractivity contribution in [1.82, 2.24) is 0 Å². The van der Waals surface area contributed by atoms with E-state index in [0.717, 1.165) is 21.5 Å². The van der Waals surface area contributed by atoms with Crippen LogP contribution in [0.2, 0.25) is 0 Å². The molecule has 2 nitrogen and oxygen atoms in total. The molecule has 0 heterocycles. The van der Waals surface area contributed by atoms with Gasteiger partial charge in [-0.05, 0) is 37.0 Å². The number of halogens is 2. The molecule has 0 bridgehead atoms. The lowest BCUT2D eigenvalue weighted by atomic mass is 9.87. The van der Waals surface area contributed by atoms with E-state index in [2.05, 4.69) is 36.7 Å². The Morgan fingerprint density at radius 3 is 2.00 bits per heavy atom. The third-order valence-corrected chi connectivity index (χ3v) is 4.27. The van der Waals surface area contributed by atoms with Gasteiger partial charge in [-0.3, -0.25) is 0 Å². The molecule has 0 aliphatic carbocycles. The first-order valence-corrected chi connectivity index (χ1v) is 7.77. The maximum atomic E-state index is 6.56. The maximum Gasteiger partial charge on any atom is 0.162 e. The SMILES string of the molecule is CCOc1cc(Br)c(C(Cl)C(C)(C)C)cc1OCC. The molecule has 0 aromatic heterocycles. The number of alkyl halides is 1. The first-order chi connectivity index (χ1) is 8.81. The van der Waals surface area contributed by atoms with Gasteiger partial charge < -0.3 is 9.47 Å². The largest absolute Gasteiger partial charge is 0.490 e. The van der Waals surface area contributed by atoms with Crippen molar-refractivity contribution in [2.24, 2.45) is 5.41 Å². The van der Waals surface area contributed by atoms with Crippen LogP contribution in [-0.4, -0.2) is 13.2 Å². The Morgan fingerprint density at radius 2 is 1.58 bits per heavy atom. The summed E-state index contributed by atoms with van der Waals surface area (Å²) in [5.74, 6) is 1.50. The molecule has 0 radical (unpaired) electrons. The molecular formula is C15H22BrClO2. The normalized spacial score (nSPS) is 13.2. The van der Waals surface area contributed by atoms with E-state index >= 15 is 0 Å². The van der Waals surface area contributed by atoms with E-state index < -0.39 is 0 Å². The topological polar surface area (TPSA) is 18.5 Å². The zero-order valence-corrected chi connectivity index (χ0v) is 14.6. The van der Waals surface area contributed by atoms with Gasteiger partial charge in [0.1, 0.15) is 0 Å². The number of ether oxygens (including phenoxy) is 2. The zero-order chi connectivity index (χ0) is 14.6. The van der Waals surface area contributed by atoms with Gasteiger partial charge in [0.05, 0.1) is 18.6 Å². The number of rotatable bonds is 5. The van der Waals surface area contributed by atoms with Crippen LogP contribution < -0.4 is 9.47 Å². The van der Waals surface area contributed by atoms with Crippen molar-refractivity contribution >= 4 is 27.5 Å². The molecule has 108 valence electrons. The molecule has 0 fully saturated rings. The van der Waals surface area contributed by atoms with Gasteiger partial charge in [0.15, 0.2) is 11.5 Å². The molecule has 1 atom stereocenters. The summed E-state index contributed by atoms with van der Waals surface area (Å²) in [6.07, 6.45) is 0. The molecule has 1 aromatic rings. The predicted molar refractivity (Wildman–Crippen MR) is 84.5 cm³/mol. The maximum absolute atomic E-state index is 6.56. The summed E-state index contributed by atoms with van der Waals surface area (Å²) >= 11 is 10.1. The summed E-state index contributed by atoms with van der Waals surface area (Å²) in [4.78, 5) is 0. The third-order valence-electron chi connectivity index (χ3n) is 2.70. The fraction of sp³-hybridized carbons (Fsp3) is 0.600. The van der Waals surface area contributed by atoms with Gasteiger partial charge in [-0.1, -0.05) is 36.7 Å². The molecular weight excluding hydrogens is 328 g/mol. The van der Waals surface area contributed by atoms with Crippen LogP contribution in [0.5, 0.6) is 11.5 Å². The summed E-state index contributed by atoms with van der Waals surface area (Å²) < 4.78 is 12.2. The quantitative estimate of drug-likeness (QED) is 0.647. The number of hydrogen-bond donors (Lipinski definition) is 0. The summed E-state index contributed by atoms with van der Waals surface area (Å²) in [7, 11) is 0. The van der Waals surface area contributed by atoms with Crippen LogP contribution in [-0.2, 0) is 0 Å². The number of hydrogen-bond acceptors (Lipinski definition) is 2. The lowest BCUT2D eigenvalue weighted by Crippen LogP contribution is -2.14. The molecule has 0 amide bonds. The second kappa shape index (κ2) is 6.85. The summed E-state index contributed by atoms with van der Waals surface area (Å²) in [6, 6.07) is 3.91. The van der Waals surface area contributed by atoms with E-state index in [0.29, 0.717) is 13.2 Å². The Kier molecular flexibility index (Phi) is 6.00. The molecule has 19 heavy (non-hydrogen) atoms. The van der Waals surface area contributed by atoms with E-state index in [1.54, 1.807) is 0 Å². The van der Waals surface area contributed by atoms with Gasteiger partial charge in [0, 0.05) is 4.47 Å². The van der Waals surface area contributed by atoms with E-state index in [-0.39, 0.29) is 10.8 Å². The van der Waals surface area contributed by atoms with E-state index in [9.17, 15) is 0 Å². The monoisotopic (exact) mass is 348 g/mol. The van der Waals surface area contributed by atoms with E-state index in [1.165, 1.54) is 0 Å². The first-order valence-electron chi connectivity index (χ1n) is 6.54. The lowest BCUT2D eigenvalue weighted by molar-refractivity contribution is 0.286. The van der Waals surface area contributed by atoms with Gasteiger partial charge in [-0.25, -0.2) is 0 Å². The van der Waals surface area contributed by atoms with Crippen LogP contribution in [0.25, 0.3) is 0 Å². The lowest BCUT2D eigenvalue weighted by Gasteiger charge is -2.27. The molecule has 0 N–H and O–H groups in total. The highest BCUT2D eigenvalue weighted by Crippen LogP contribution is 2.45. The van der Waals surface area contributed by atoms with Crippen LogP contribution in [0.1, 0.15) is 45.6 Å². The van der Waals surface area contributed by atoms with Crippen LogP contribution in [0, 0.1) is 5.41 Å². The third kappa shape index (κ3) is 4.28. The molecule has 0 saturated heterocycles. The van der Waals surface area contributed by atoms with Crippen LogP contribution in [0.15, 0.2) is 16.6 Å². The molecule has 0 saturated carbocycles. The fourth-order valence-electron chi connectivity index (χ4n) is 1.75. The Labute approximate surface area is 129 Å². The Bertz CT molecular complexity index is 427. The first kappa shape index (κ1) is 16.6. The molecule has 0 aliphatic rings. The van der Waals surface area contributed by atoms with Crippen molar-refractivity contribution in [2.75, 3.05) is 13.2 Å². The van der Waals surface area contributed by atoms with E-state index in [4.69, 9.17) is 21.1 Å². The second-order valence-corrected chi connectivity index (χ2v) is 6.71. The number of benzene rings is 1. The molecule has 0 spiro atoms. The summed E-state index contributed by atoms with van der Waals surface area (Å²) in [5.41, 5.74) is 1.00. The van der Waals surface area contributed by atoms with Gasteiger partial charge in [-0.15, -0.1) is 11.6 Å².